The Kier molecular flexibility index (Phi) is 3.32. The van der Waals surface area contributed by atoms with Crippen LogP contribution in [-0.2, 0) is 4.74 Å². The van der Waals surface area contributed by atoms with Gasteiger partial charge in [0.05, 0.1) is 19.1 Å². The fraction of sp³-hybridized carbons (Fsp3) is 0.231. The molecule has 18 heavy (non-hydrogen) atoms. The van der Waals surface area contributed by atoms with Gasteiger partial charge in [0.15, 0.2) is 16.8 Å². The van der Waals surface area contributed by atoms with Gasteiger partial charge in [-0.1, -0.05) is 6.07 Å². The van der Waals surface area contributed by atoms with Crippen molar-refractivity contribution in [2.45, 2.75) is 6.92 Å². The lowest BCUT2D eigenvalue weighted by molar-refractivity contribution is 0.0565. The lowest BCUT2D eigenvalue weighted by Crippen LogP contribution is -2.09. The largest absolute Gasteiger partial charge is 0.490 e. The van der Waals surface area contributed by atoms with Crippen LogP contribution in [-0.4, -0.2) is 19.7 Å². The molecule has 0 aliphatic rings. The molecule has 0 aliphatic carbocycles. The van der Waals surface area contributed by atoms with Gasteiger partial charge < -0.3 is 13.9 Å². The molecule has 0 spiro atoms. The van der Waals surface area contributed by atoms with Crippen LogP contribution in [0.1, 0.15) is 17.5 Å². The van der Waals surface area contributed by atoms with Gasteiger partial charge in [-0.05, 0) is 19.1 Å². The first-order chi connectivity index (χ1) is 8.67. The zero-order valence-electron chi connectivity index (χ0n) is 10.1. The van der Waals surface area contributed by atoms with E-state index in [1.807, 2.05) is 6.92 Å². The molecule has 94 valence electrons. The van der Waals surface area contributed by atoms with Crippen molar-refractivity contribution in [1.82, 2.24) is 0 Å². The summed E-state index contributed by atoms with van der Waals surface area (Å²) in [6.45, 7) is 2.26. The van der Waals surface area contributed by atoms with E-state index in [9.17, 15) is 9.59 Å². The molecule has 0 saturated carbocycles. The van der Waals surface area contributed by atoms with E-state index in [1.165, 1.54) is 7.11 Å². The van der Waals surface area contributed by atoms with Crippen LogP contribution >= 0.6 is 0 Å². The molecule has 0 N–H and O–H groups in total. The van der Waals surface area contributed by atoms with Gasteiger partial charge in [0.25, 0.3) is 0 Å². The minimum atomic E-state index is -0.694. The number of hydrogen-bond donors (Lipinski definition) is 0. The predicted octanol–water partition coefficient (Wildman–Crippen LogP) is 1.98. The second-order valence-electron chi connectivity index (χ2n) is 3.53. The topological polar surface area (TPSA) is 65.7 Å². The van der Waals surface area contributed by atoms with Crippen LogP contribution in [0.2, 0.25) is 0 Å². The third kappa shape index (κ3) is 2.07. The Balaban J connectivity index is 2.72. The van der Waals surface area contributed by atoms with Crippen LogP contribution in [0.25, 0.3) is 11.0 Å². The second-order valence-corrected chi connectivity index (χ2v) is 3.53. The van der Waals surface area contributed by atoms with Gasteiger partial charge in [0.2, 0.25) is 5.76 Å². The molecule has 0 aliphatic heterocycles. The van der Waals surface area contributed by atoms with Crippen LogP contribution in [0.5, 0.6) is 5.75 Å². The number of esters is 1. The first kappa shape index (κ1) is 12.2. The van der Waals surface area contributed by atoms with Gasteiger partial charge in [-0.3, -0.25) is 4.79 Å². The van der Waals surface area contributed by atoms with E-state index in [0.717, 1.165) is 6.07 Å². The highest BCUT2D eigenvalue weighted by molar-refractivity contribution is 5.90. The van der Waals surface area contributed by atoms with Crippen LogP contribution < -0.4 is 10.2 Å². The molecule has 0 amide bonds. The monoisotopic (exact) mass is 248 g/mol. The van der Waals surface area contributed by atoms with Crippen LogP contribution in [0, 0.1) is 0 Å². The number of fused-ring (bicyclic) bond motifs is 1. The van der Waals surface area contributed by atoms with Gasteiger partial charge in [0.1, 0.15) is 0 Å². The maximum atomic E-state index is 11.9. The number of para-hydroxylation sites is 1. The summed E-state index contributed by atoms with van der Waals surface area (Å²) in [5, 5.41) is 0.369. The maximum absolute atomic E-state index is 11.9. The van der Waals surface area contributed by atoms with Crippen LogP contribution in [0.15, 0.2) is 33.5 Å². The normalized spacial score (nSPS) is 10.3. The van der Waals surface area contributed by atoms with Crippen LogP contribution in [0.4, 0.5) is 0 Å². The summed E-state index contributed by atoms with van der Waals surface area (Å²) in [6.07, 6.45) is 0. The van der Waals surface area contributed by atoms with Crippen molar-refractivity contribution in [1.29, 1.82) is 0 Å². The molecule has 0 unspecified atom stereocenters. The van der Waals surface area contributed by atoms with E-state index in [1.54, 1.807) is 18.2 Å². The second kappa shape index (κ2) is 4.91. The Morgan fingerprint density at radius 2 is 2.17 bits per heavy atom. The van der Waals surface area contributed by atoms with E-state index in [2.05, 4.69) is 4.74 Å². The standard InChI is InChI=1S/C13H12O5/c1-3-17-10-6-4-5-8-9(14)7-11(13(15)16-2)18-12(8)10/h4-7H,3H2,1-2H3. The number of methoxy groups -OCH3 is 1. The SMILES string of the molecule is CCOc1cccc2c(=O)cc(C(=O)OC)oc12. The molecule has 0 atom stereocenters. The van der Waals surface area contributed by atoms with Gasteiger partial charge >= 0.3 is 5.97 Å². The minimum Gasteiger partial charge on any atom is -0.490 e. The smallest absolute Gasteiger partial charge is 0.374 e. The first-order valence-electron chi connectivity index (χ1n) is 5.45. The van der Waals surface area contributed by atoms with E-state index in [-0.39, 0.29) is 16.8 Å². The average Bonchev–Trinajstić information content (AvgIpc) is 2.39. The Hall–Kier alpha value is -2.30. The Bertz CT molecular complexity index is 641. The zero-order chi connectivity index (χ0) is 13.1. The summed E-state index contributed by atoms with van der Waals surface area (Å²) in [7, 11) is 1.22. The lowest BCUT2D eigenvalue weighted by atomic mass is 10.2. The molecule has 0 fully saturated rings. The molecule has 2 rings (SSSR count). The van der Waals surface area contributed by atoms with E-state index >= 15 is 0 Å². The Morgan fingerprint density at radius 1 is 1.39 bits per heavy atom. The number of ether oxygens (including phenoxy) is 2. The molecule has 1 heterocycles. The molecule has 5 heteroatoms. The first-order valence-corrected chi connectivity index (χ1v) is 5.45. The molecule has 0 radical (unpaired) electrons. The molecular formula is C13H12O5. The highest BCUT2D eigenvalue weighted by atomic mass is 16.5. The van der Waals surface area contributed by atoms with Gasteiger partial charge in [-0.2, -0.15) is 0 Å². The third-order valence-electron chi connectivity index (χ3n) is 2.40. The summed E-state index contributed by atoms with van der Waals surface area (Å²) in [4.78, 5) is 23.2. The molecular weight excluding hydrogens is 236 g/mol. The number of benzene rings is 1. The van der Waals surface area contributed by atoms with Crippen molar-refractivity contribution in [3.05, 3.63) is 40.2 Å². The van der Waals surface area contributed by atoms with Gasteiger partial charge in [0, 0.05) is 6.07 Å². The molecule has 2 aromatic rings. The number of rotatable bonds is 3. The molecule has 0 bridgehead atoms. The lowest BCUT2D eigenvalue weighted by Gasteiger charge is -2.06. The Labute approximate surface area is 103 Å². The van der Waals surface area contributed by atoms with Crippen molar-refractivity contribution in [2.75, 3.05) is 13.7 Å². The van der Waals surface area contributed by atoms with Gasteiger partial charge in [-0.25, -0.2) is 4.79 Å². The third-order valence-corrected chi connectivity index (χ3v) is 2.40. The number of carbonyl (C=O) groups is 1. The van der Waals surface area contributed by atoms with E-state index in [4.69, 9.17) is 9.15 Å². The predicted molar refractivity (Wildman–Crippen MR) is 65.0 cm³/mol. The quantitative estimate of drug-likeness (QED) is 0.777. The average molecular weight is 248 g/mol. The summed E-state index contributed by atoms with van der Waals surface area (Å²) in [6, 6.07) is 6.10. The van der Waals surface area contributed by atoms with Crippen molar-refractivity contribution in [2.24, 2.45) is 0 Å². The highest BCUT2D eigenvalue weighted by Crippen LogP contribution is 2.24. The minimum absolute atomic E-state index is 0.137. The van der Waals surface area contributed by atoms with Crippen molar-refractivity contribution >= 4 is 16.9 Å². The van der Waals surface area contributed by atoms with Gasteiger partial charge in [-0.15, -0.1) is 0 Å². The molecule has 5 nitrogen and oxygen atoms in total. The van der Waals surface area contributed by atoms with E-state index in [0.29, 0.717) is 17.7 Å². The Morgan fingerprint density at radius 3 is 2.83 bits per heavy atom. The van der Waals surface area contributed by atoms with E-state index < -0.39 is 5.97 Å². The fourth-order valence-electron chi connectivity index (χ4n) is 1.62. The summed E-state index contributed by atoms with van der Waals surface area (Å²) >= 11 is 0. The number of carbonyl (C=O) groups excluding carboxylic acids is 1. The molecule has 1 aromatic heterocycles. The highest BCUT2D eigenvalue weighted by Gasteiger charge is 2.14. The van der Waals surface area contributed by atoms with Crippen molar-refractivity contribution < 1.29 is 18.7 Å². The van der Waals surface area contributed by atoms with Crippen molar-refractivity contribution in [3.8, 4) is 5.75 Å². The zero-order valence-corrected chi connectivity index (χ0v) is 10.1. The van der Waals surface area contributed by atoms with Crippen LogP contribution in [0.3, 0.4) is 0 Å². The molecule has 0 saturated heterocycles. The summed E-state index contributed by atoms with van der Waals surface area (Å²) in [5.41, 5.74) is -0.0505. The molecule has 1 aromatic carbocycles. The fourth-order valence-corrected chi connectivity index (χ4v) is 1.62. The summed E-state index contributed by atoms with van der Waals surface area (Å²) < 4.78 is 15.3. The number of hydrogen-bond acceptors (Lipinski definition) is 5. The maximum Gasteiger partial charge on any atom is 0.374 e. The summed E-state index contributed by atoms with van der Waals surface area (Å²) in [5.74, 6) is -0.402. The van der Waals surface area contributed by atoms with Crippen molar-refractivity contribution in [3.63, 3.8) is 0 Å².